The van der Waals surface area contributed by atoms with Crippen LogP contribution in [0.4, 0.5) is 10.3 Å². The molecule has 0 saturated carbocycles. The molecule has 0 radical (unpaired) electrons. The van der Waals surface area contributed by atoms with Crippen molar-refractivity contribution in [2.75, 3.05) is 22.6 Å². The molecule has 7 nitrogen and oxygen atoms in total. The van der Waals surface area contributed by atoms with Crippen LogP contribution in [0.2, 0.25) is 0 Å². The van der Waals surface area contributed by atoms with Crippen LogP contribution in [0.25, 0.3) is 0 Å². The van der Waals surface area contributed by atoms with Crippen LogP contribution in [0.15, 0.2) is 23.8 Å². The lowest BCUT2D eigenvalue weighted by molar-refractivity contribution is -0.115. The fourth-order valence-electron chi connectivity index (χ4n) is 2.34. The first-order valence-corrected chi connectivity index (χ1v) is 11.1. The summed E-state index contributed by atoms with van der Waals surface area (Å²) in [5, 5.41) is 21.8. The highest BCUT2D eigenvalue weighted by molar-refractivity contribution is 7.99. The predicted molar refractivity (Wildman–Crippen MR) is 109 cm³/mol. The van der Waals surface area contributed by atoms with Gasteiger partial charge in [-0.1, -0.05) is 40.9 Å². The van der Waals surface area contributed by atoms with E-state index in [9.17, 15) is 4.79 Å². The zero-order chi connectivity index (χ0) is 18.2. The molecule has 3 N–H and O–H groups in total. The zero-order valence-electron chi connectivity index (χ0n) is 14.2. The van der Waals surface area contributed by atoms with Crippen LogP contribution >= 0.6 is 34.4 Å². The van der Waals surface area contributed by atoms with Crippen molar-refractivity contribution in [3.8, 4) is 0 Å². The monoisotopic (exact) mass is 408 g/mol. The lowest BCUT2D eigenvalue weighted by atomic mass is 10.0. The average molecular weight is 409 g/mol. The second kappa shape index (κ2) is 9.79. The van der Waals surface area contributed by atoms with Crippen molar-refractivity contribution in [3.05, 3.63) is 33.8 Å². The topological polar surface area (TPSA) is 107 Å². The Hall–Kier alpha value is -1.78. The van der Waals surface area contributed by atoms with Crippen LogP contribution in [-0.2, 0) is 17.6 Å². The SMILES string of the molecule is Nc1nnc(CCSCCc2nnc(NC(=O)CC3=CCCC=C3)s2)s1. The summed E-state index contributed by atoms with van der Waals surface area (Å²) in [7, 11) is 0. The second-order valence-electron chi connectivity index (χ2n) is 5.63. The van der Waals surface area contributed by atoms with Gasteiger partial charge >= 0.3 is 0 Å². The molecule has 0 spiro atoms. The van der Waals surface area contributed by atoms with Crippen LogP contribution in [-0.4, -0.2) is 37.8 Å². The van der Waals surface area contributed by atoms with Crippen LogP contribution < -0.4 is 11.1 Å². The third kappa shape index (κ3) is 6.19. The van der Waals surface area contributed by atoms with Crippen LogP contribution in [0, 0.1) is 0 Å². The molecule has 0 saturated heterocycles. The maximum Gasteiger partial charge on any atom is 0.230 e. The van der Waals surface area contributed by atoms with Crippen molar-refractivity contribution in [1.82, 2.24) is 20.4 Å². The van der Waals surface area contributed by atoms with Gasteiger partial charge in [0.05, 0.1) is 6.42 Å². The number of nitrogens with zero attached hydrogens (tertiary/aromatic N) is 4. The molecule has 10 heteroatoms. The molecule has 0 aliphatic heterocycles. The van der Waals surface area contributed by atoms with Gasteiger partial charge in [-0.25, -0.2) is 0 Å². The van der Waals surface area contributed by atoms with E-state index < -0.39 is 0 Å². The highest BCUT2D eigenvalue weighted by Crippen LogP contribution is 2.20. The molecule has 0 bridgehead atoms. The Morgan fingerprint density at radius 1 is 1.12 bits per heavy atom. The number of nitrogen functional groups attached to an aromatic ring is 1. The van der Waals surface area contributed by atoms with Crippen molar-refractivity contribution in [1.29, 1.82) is 0 Å². The summed E-state index contributed by atoms with van der Waals surface area (Å²) in [4.78, 5) is 12.1. The van der Waals surface area contributed by atoms with Gasteiger partial charge in [-0.05, 0) is 29.9 Å². The maximum atomic E-state index is 12.1. The van der Waals surface area contributed by atoms with Gasteiger partial charge in [0, 0.05) is 12.8 Å². The van der Waals surface area contributed by atoms with E-state index in [4.69, 9.17) is 5.73 Å². The Morgan fingerprint density at radius 3 is 2.58 bits per heavy atom. The summed E-state index contributed by atoms with van der Waals surface area (Å²) in [6, 6.07) is 0. The Balaban J connectivity index is 1.34. The minimum atomic E-state index is -0.0452. The molecule has 138 valence electrons. The molecule has 1 aliphatic rings. The summed E-state index contributed by atoms with van der Waals surface area (Å²) in [6.45, 7) is 0. The number of carbonyl (C=O) groups is 1. The molecule has 2 aromatic rings. The Bertz CT molecular complexity index is 798. The second-order valence-corrected chi connectivity index (χ2v) is 9.01. The quantitative estimate of drug-likeness (QED) is 0.614. The van der Waals surface area contributed by atoms with E-state index in [2.05, 4.69) is 37.9 Å². The third-order valence-electron chi connectivity index (χ3n) is 3.55. The number of aryl methyl sites for hydroxylation is 2. The molecular weight excluding hydrogens is 388 g/mol. The van der Waals surface area contributed by atoms with Crippen molar-refractivity contribution in [2.45, 2.75) is 32.1 Å². The molecule has 2 aromatic heterocycles. The van der Waals surface area contributed by atoms with E-state index in [1.54, 1.807) is 0 Å². The van der Waals surface area contributed by atoms with Gasteiger partial charge in [0.25, 0.3) is 0 Å². The highest BCUT2D eigenvalue weighted by Gasteiger charge is 2.10. The van der Waals surface area contributed by atoms with Crippen molar-refractivity contribution in [2.24, 2.45) is 0 Å². The number of hydrogen-bond donors (Lipinski definition) is 2. The first-order chi connectivity index (χ1) is 12.7. The smallest absolute Gasteiger partial charge is 0.230 e. The van der Waals surface area contributed by atoms with Gasteiger partial charge in [0.2, 0.25) is 16.2 Å². The fraction of sp³-hybridized carbons (Fsp3) is 0.438. The summed E-state index contributed by atoms with van der Waals surface area (Å²) in [5.74, 6) is 1.88. The highest BCUT2D eigenvalue weighted by atomic mass is 32.2. The number of rotatable bonds is 9. The summed E-state index contributed by atoms with van der Waals surface area (Å²) < 4.78 is 0. The van der Waals surface area contributed by atoms with Gasteiger partial charge < -0.3 is 11.1 Å². The Morgan fingerprint density at radius 2 is 1.88 bits per heavy atom. The molecule has 0 aromatic carbocycles. The Labute approximate surface area is 164 Å². The molecule has 0 fully saturated rings. The van der Waals surface area contributed by atoms with E-state index >= 15 is 0 Å². The zero-order valence-corrected chi connectivity index (χ0v) is 16.6. The molecule has 0 unspecified atom stereocenters. The van der Waals surface area contributed by atoms with Crippen molar-refractivity contribution < 1.29 is 4.79 Å². The standard InChI is InChI=1S/C16H20N6OS3/c17-15-21-19-13(25-15)6-8-24-9-7-14-20-22-16(26-14)18-12(23)10-11-4-2-1-3-5-11/h2,4-5H,1,3,6-10H2,(H2,17,21)(H,18,22,23). The summed E-state index contributed by atoms with van der Waals surface area (Å²) in [6.07, 6.45) is 10.4. The number of anilines is 2. The van der Waals surface area contributed by atoms with E-state index in [0.717, 1.165) is 52.8 Å². The van der Waals surface area contributed by atoms with E-state index in [0.29, 0.717) is 16.7 Å². The lowest BCUT2D eigenvalue weighted by Crippen LogP contribution is -2.12. The molecule has 26 heavy (non-hydrogen) atoms. The number of nitrogens with one attached hydrogen (secondary N) is 1. The third-order valence-corrected chi connectivity index (χ3v) is 6.25. The first kappa shape index (κ1) is 19.0. The normalized spacial score (nSPS) is 13.6. The first-order valence-electron chi connectivity index (χ1n) is 8.32. The van der Waals surface area contributed by atoms with Crippen LogP contribution in [0.3, 0.4) is 0 Å². The van der Waals surface area contributed by atoms with Gasteiger partial charge in [-0.15, -0.1) is 20.4 Å². The average Bonchev–Trinajstić information content (AvgIpc) is 3.24. The number of nitrogens with two attached hydrogens (primary N) is 1. The summed E-state index contributed by atoms with van der Waals surface area (Å²) >= 11 is 4.71. The van der Waals surface area contributed by atoms with Crippen LogP contribution in [0.5, 0.6) is 0 Å². The number of carbonyl (C=O) groups excluding carboxylic acids is 1. The number of aromatic nitrogens is 4. The van der Waals surface area contributed by atoms with Crippen molar-refractivity contribution >= 4 is 50.6 Å². The molecule has 2 heterocycles. The molecule has 0 atom stereocenters. The van der Waals surface area contributed by atoms with Gasteiger partial charge in [0.15, 0.2) is 0 Å². The minimum Gasteiger partial charge on any atom is -0.374 e. The van der Waals surface area contributed by atoms with E-state index in [-0.39, 0.29) is 5.91 Å². The van der Waals surface area contributed by atoms with Crippen LogP contribution in [0.1, 0.15) is 29.3 Å². The molecule has 1 amide bonds. The number of thioether (sulfide) groups is 1. The number of amides is 1. The van der Waals surface area contributed by atoms with E-state index in [1.807, 2.05) is 17.8 Å². The van der Waals surface area contributed by atoms with Gasteiger partial charge in [-0.2, -0.15) is 11.8 Å². The molecular formula is C16H20N6OS3. The van der Waals surface area contributed by atoms with E-state index in [1.165, 1.54) is 22.7 Å². The molecule has 3 rings (SSSR count). The lowest BCUT2D eigenvalue weighted by Gasteiger charge is -2.05. The van der Waals surface area contributed by atoms with Gasteiger partial charge in [-0.3, -0.25) is 4.79 Å². The predicted octanol–water partition coefficient (Wildman–Crippen LogP) is 3.10. The number of hydrogen-bond acceptors (Lipinski definition) is 9. The van der Waals surface area contributed by atoms with Crippen molar-refractivity contribution in [3.63, 3.8) is 0 Å². The maximum absolute atomic E-state index is 12.1. The largest absolute Gasteiger partial charge is 0.374 e. The summed E-state index contributed by atoms with van der Waals surface area (Å²) in [5.41, 5.74) is 6.62. The fourth-order valence-corrected chi connectivity index (χ4v) is 4.84. The minimum absolute atomic E-state index is 0.0452. The van der Waals surface area contributed by atoms with Gasteiger partial charge in [0.1, 0.15) is 10.0 Å². The molecule has 1 aliphatic carbocycles. The number of allylic oxidation sites excluding steroid dienone is 3. The Kier molecular flexibility index (Phi) is 7.15.